The van der Waals surface area contributed by atoms with Crippen LogP contribution >= 0.6 is 11.8 Å². The van der Waals surface area contributed by atoms with E-state index in [-0.39, 0.29) is 10.1 Å². The van der Waals surface area contributed by atoms with Gasteiger partial charge in [-0.25, -0.2) is 9.59 Å². The molecule has 1 saturated heterocycles. The Hall–Kier alpha value is -3.14. The van der Waals surface area contributed by atoms with E-state index in [4.69, 9.17) is 4.74 Å². The molecular weight excluding hydrogens is 374 g/mol. The van der Waals surface area contributed by atoms with Gasteiger partial charge in [0.25, 0.3) is 5.91 Å². The number of amidine groups is 1. The smallest absolute Gasteiger partial charge is 0.346 e. The van der Waals surface area contributed by atoms with E-state index < -0.39 is 23.9 Å². The van der Waals surface area contributed by atoms with Crippen LogP contribution in [0.4, 0.5) is 0 Å². The summed E-state index contributed by atoms with van der Waals surface area (Å²) in [6, 6.07) is 6.81. The molecule has 9 nitrogen and oxygen atoms in total. The summed E-state index contributed by atoms with van der Waals surface area (Å²) in [6.07, 6.45) is 1.85. The number of carbonyl (C=O) groups is 3. The number of ether oxygens (including phenoxy) is 3. The lowest BCUT2D eigenvalue weighted by Crippen LogP contribution is -2.24. The number of nitrogens with zero attached hydrogens (tertiary/aromatic N) is 2. The first kappa shape index (κ1) is 20.2. The van der Waals surface area contributed by atoms with Gasteiger partial charge in [0.1, 0.15) is 5.75 Å². The predicted molar refractivity (Wildman–Crippen MR) is 99.4 cm³/mol. The molecule has 0 bridgehead atoms. The highest BCUT2D eigenvalue weighted by Gasteiger charge is 2.25. The van der Waals surface area contributed by atoms with Crippen LogP contribution in [0.15, 0.2) is 45.4 Å². The summed E-state index contributed by atoms with van der Waals surface area (Å²) in [7, 11) is 2.52. The van der Waals surface area contributed by atoms with Gasteiger partial charge in [-0.05, 0) is 48.5 Å². The van der Waals surface area contributed by atoms with E-state index in [1.807, 2.05) is 0 Å². The highest BCUT2D eigenvalue weighted by Crippen LogP contribution is 2.23. The van der Waals surface area contributed by atoms with Crippen LogP contribution in [0.1, 0.15) is 12.5 Å². The SMILES string of the molecule is COC(=O)/C=C1/S/C(=N\N=Cc2ccc(OC(C)C(=O)OC)cc2)NC1=O. The van der Waals surface area contributed by atoms with Crippen molar-refractivity contribution >= 4 is 41.0 Å². The highest BCUT2D eigenvalue weighted by molar-refractivity contribution is 8.18. The molecular formula is C17H17N3O6S. The second-order valence-corrected chi connectivity index (χ2v) is 6.12. The van der Waals surface area contributed by atoms with Gasteiger partial charge in [-0.3, -0.25) is 10.1 Å². The fraction of sp³-hybridized carbons (Fsp3) is 0.235. The molecule has 0 saturated carbocycles. The summed E-state index contributed by atoms with van der Waals surface area (Å²) >= 11 is 0.984. The van der Waals surface area contributed by atoms with Crippen molar-refractivity contribution in [2.24, 2.45) is 10.2 Å². The molecule has 1 aromatic rings. The molecule has 1 aliphatic heterocycles. The third kappa shape index (κ3) is 5.96. The fourth-order valence-electron chi connectivity index (χ4n) is 1.84. The Morgan fingerprint density at radius 2 is 1.89 bits per heavy atom. The number of esters is 2. The third-order valence-corrected chi connectivity index (χ3v) is 4.08. The maximum absolute atomic E-state index is 11.7. The van der Waals surface area contributed by atoms with Crippen LogP contribution in [0.5, 0.6) is 5.75 Å². The van der Waals surface area contributed by atoms with E-state index >= 15 is 0 Å². The molecule has 1 aromatic carbocycles. The Morgan fingerprint density at radius 3 is 2.52 bits per heavy atom. The molecule has 142 valence electrons. The molecule has 27 heavy (non-hydrogen) atoms. The molecule has 1 aliphatic rings. The summed E-state index contributed by atoms with van der Waals surface area (Å²) in [5.74, 6) is -1.03. The molecule has 1 N–H and O–H groups in total. The lowest BCUT2D eigenvalue weighted by molar-refractivity contribution is -0.148. The van der Waals surface area contributed by atoms with Crippen LogP contribution in [0, 0.1) is 0 Å². The number of benzene rings is 1. The van der Waals surface area contributed by atoms with Gasteiger partial charge in [0.05, 0.1) is 25.3 Å². The number of amides is 1. The molecule has 1 amide bonds. The van der Waals surface area contributed by atoms with E-state index in [9.17, 15) is 14.4 Å². The first-order chi connectivity index (χ1) is 12.9. The number of hydrogen-bond acceptors (Lipinski definition) is 9. The largest absolute Gasteiger partial charge is 0.479 e. The van der Waals surface area contributed by atoms with E-state index in [0.717, 1.165) is 23.4 Å². The van der Waals surface area contributed by atoms with Crippen molar-refractivity contribution in [1.82, 2.24) is 5.32 Å². The second kappa shape index (κ2) is 9.53. The Morgan fingerprint density at radius 1 is 1.19 bits per heavy atom. The zero-order valence-corrected chi connectivity index (χ0v) is 15.6. The number of thioether (sulfide) groups is 1. The highest BCUT2D eigenvalue weighted by atomic mass is 32.2. The summed E-state index contributed by atoms with van der Waals surface area (Å²) in [5, 5.41) is 10.5. The van der Waals surface area contributed by atoms with E-state index in [2.05, 4.69) is 25.0 Å². The molecule has 1 unspecified atom stereocenters. The van der Waals surface area contributed by atoms with E-state index in [1.165, 1.54) is 20.4 Å². The topological polar surface area (TPSA) is 116 Å². The van der Waals surface area contributed by atoms with Crippen molar-refractivity contribution in [3.05, 3.63) is 40.8 Å². The average Bonchev–Trinajstić information content (AvgIpc) is 3.01. The first-order valence-electron chi connectivity index (χ1n) is 7.67. The van der Waals surface area contributed by atoms with Gasteiger partial charge in [0, 0.05) is 6.08 Å². The summed E-state index contributed by atoms with van der Waals surface area (Å²) in [5.41, 5.74) is 0.733. The number of carbonyl (C=O) groups excluding carboxylic acids is 3. The molecule has 1 atom stereocenters. The van der Waals surface area contributed by atoms with Gasteiger partial charge in [-0.15, -0.1) is 5.10 Å². The van der Waals surface area contributed by atoms with Gasteiger partial charge in [0.2, 0.25) is 0 Å². The van der Waals surface area contributed by atoms with Gasteiger partial charge in [-0.1, -0.05) is 0 Å². The van der Waals surface area contributed by atoms with Crippen LogP contribution < -0.4 is 10.1 Å². The van der Waals surface area contributed by atoms with Gasteiger partial charge < -0.3 is 14.2 Å². The average molecular weight is 391 g/mol. The van der Waals surface area contributed by atoms with Crippen molar-refractivity contribution < 1.29 is 28.6 Å². The summed E-state index contributed by atoms with van der Waals surface area (Å²) in [4.78, 5) is 34.4. The summed E-state index contributed by atoms with van der Waals surface area (Å²) in [6.45, 7) is 1.59. The van der Waals surface area contributed by atoms with E-state index in [1.54, 1.807) is 31.2 Å². The zero-order valence-electron chi connectivity index (χ0n) is 14.8. The number of nitrogens with one attached hydrogen (secondary N) is 1. The molecule has 1 heterocycles. The van der Waals surface area contributed by atoms with Gasteiger partial charge >= 0.3 is 11.9 Å². The Labute approximate surface area is 159 Å². The maximum atomic E-state index is 11.7. The number of methoxy groups -OCH3 is 2. The van der Waals surface area contributed by atoms with Crippen molar-refractivity contribution in [2.75, 3.05) is 14.2 Å². The first-order valence-corrected chi connectivity index (χ1v) is 8.49. The molecule has 1 fully saturated rings. The quantitative estimate of drug-likeness (QED) is 0.336. The van der Waals surface area contributed by atoms with Crippen LogP contribution in [-0.2, 0) is 23.9 Å². The number of hydrogen-bond donors (Lipinski definition) is 1. The van der Waals surface area contributed by atoms with Crippen molar-refractivity contribution in [3.8, 4) is 5.75 Å². The predicted octanol–water partition coefficient (Wildman–Crippen LogP) is 1.24. The Kier molecular flexibility index (Phi) is 7.12. The minimum absolute atomic E-state index is 0.178. The van der Waals surface area contributed by atoms with Crippen LogP contribution in [0.25, 0.3) is 0 Å². The molecule has 0 aliphatic carbocycles. The minimum Gasteiger partial charge on any atom is -0.479 e. The third-order valence-electron chi connectivity index (χ3n) is 3.18. The monoisotopic (exact) mass is 391 g/mol. The van der Waals surface area contributed by atoms with Crippen molar-refractivity contribution in [2.45, 2.75) is 13.0 Å². The lowest BCUT2D eigenvalue weighted by atomic mass is 10.2. The summed E-state index contributed by atoms with van der Waals surface area (Å²) < 4.78 is 14.5. The molecule has 2 rings (SSSR count). The van der Waals surface area contributed by atoms with Crippen molar-refractivity contribution in [1.29, 1.82) is 0 Å². The fourth-order valence-corrected chi connectivity index (χ4v) is 2.58. The van der Waals surface area contributed by atoms with Crippen molar-refractivity contribution in [3.63, 3.8) is 0 Å². The standard InChI is InChI=1S/C17H17N3O6S/c1-10(16(23)25-3)26-12-6-4-11(5-7-12)9-18-20-17-19-15(22)13(27-17)8-14(21)24-2/h4-10H,1-3H3,(H,19,20,22)/b13-8+,18-9?. The van der Waals surface area contributed by atoms with Crippen LogP contribution in [0.3, 0.4) is 0 Å². The van der Waals surface area contributed by atoms with Gasteiger partial charge in [0.15, 0.2) is 11.3 Å². The molecule has 0 aromatic heterocycles. The molecule has 10 heteroatoms. The van der Waals surface area contributed by atoms with E-state index in [0.29, 0.717) is 5.75 Å². The van der Waals surface area contributed by atoms with Crippen LogP contribution in [-0.4, -0.2) is 49.6 Å². The zero-order chi connectivity index (χ0) is 19.8. The molecule has 0 spiro atoms. The number of rotatable bonds is 6. The van der Waals surface area contributed by atoms with Gasteiger partial charge in [-0.2, -0.15) is 5.10 Å². The van der Waals surface area contributed by atoms with Crippen LogP contribution in [0.2, 0.25) is 0 Å². The lowest BCUT2D eigenvalue weighted by Gasteiger charge is -2.12. The second-order valence-electron chi connectivity index (χ2n) is 5.09. The Bertz CT molecular complexity index is 816. The minimum atomic E-state index is -0.712. The normalized spacial score (nSPS) is 17.8. The molecule has 0 radical (unpaired) electrons. The maximum Gasteiger partial charge on any atom is 0.346 e. The Balaban J connectivity index is 1.95.